The Bertz CT molecular complexity index is 333. The number of aryl methyl sites for hydroxylation is 1. The Hall–Kier alpha value is -1.15. The Morgan fingerprint density at radius 1 is 1.41 bits per heavy atom. The van der Waals surface area contributed by atoms with Crippen molar-refractivity contribution in [1.82, 2.24) is 10.3 Å². The summed E-state index contributed by atoms with van der Waals surface area (Å²) in [5, 5.41) is 3.39. The monoisotopic (exact) mass is 232 g/mol. The molecule has 0 radical (unpaired) electrons. The minimum Gasteiger partial charge on any atom is -0.313 e. The molecule has 17 heavy (non-hydrogen) atoms. The summed E-state index contributed by atoms with van der Waals surface area (Å²) in [6.07, 6.45) is 9.97. The van der Waals surface area contributed by atoms with Gasteiger partial charge < -0.3 is 5.32 Å². The van der Waals surface area contributed by atoms with Gasteiger partial charge in [0.15, 0.2) is 0 Å². The van der Waals surface area contributed by atoms with Gasteiger partial charge in [0.05, 0.1) is 0 Å². The Kier molecular flexibility index (Phi) is 6.56. The molecule has 1 aromatic heterocycles. The molecule has 1 unspecified atom stereocenters. The van der Waals surface area contributed by atoms with Crippen LogP contribution in [0.1, 0.15) is 49.4 Å². The van der Waals surface area contributed by atoms with E-state index in [2.05, 4.69) is 29.9 Å². The van der Waals surface area contributed by atoms with Crippen LogP contribution in [0.15, 0.2) is 31.0 Å². The van der Waals surface area contributed by atoms with Gasteiger partial charge in [-0.15, -0.1) is 6.58 Å². The second-order valence-corrected chi connectivity index (χ2v) is 4.45. The maximum atomic E-state index is 4.35. The molecule has 0 saturated carbocycles. The number of nitrogens with one attached hydrogen (secondary N) is 1. The zero-order valence-corrected chi connectivity index (χ0v) is 11.1. The van der Waals surface area contributed by atoms with Crippen LogP contribution in [0.3, 0.4) is 0 Å². The summed E-state index contributed by atoms with van der Waals surface area (Å²) in [4.78, 5) is 4.35. The van der Waals surface area contributed by atoms with E-state index >= 15 is 0 Å². The molecule has 94 valence electrons. The first-order valence-electron chi connectivity index (χ1n) is 6.49. The van der Waals surface area contributed by atoms with E-state index in [1.165, 1.54) is 31.2 Å². The van der Waals surface area contributed by atoms with Crippen molar-refractivity contribution in [3.8, 4) is 0 Å². The summed E-state index contributed by atoms with van der Waals surface area (Å²) in [5.41, 5.74) is 2.47. The quantitative estimate of drug-likeness (QED) is 0.545. The van der Waals surface area contributed by atoms with E-state index in [-0.39, 0.29) is 0 Å². The number of allylic oxidation sites excluding steroid dienone is 1. The molecule has 1 rings (SSSR count). The van der Waals surface area contributed by atoms with Crippen LogP contribution >= 0.6 is 0 Å². The molecule has 0 saturated heterocycles. The van der Waals surface area contributed by atoms with Crippen molar-refractivity contribution in [2.24, 2.45) is 0 Å². The third kappa shape index (κ3) is 4.70. The van der Waals surface area contributed by atoms with E-state index in [0.717, 1.165) is 12.1 Å². The van der Waals surface area contributed by atoms with Gasteiger partial charge in [-0.05, 0) is 44.9 Å². The molecule has 1 atom stereocenters. The number of nitrogens with zero attached hydrogens (tertiary/aromatic N) is 1. The molecule has 1 heterocycles. The summed E-state index contributed by atoms with van der Waals surface area (Å²) >= 11 is 0. The van der Waals surface area contributed by atoms with Crippen molar-refractivity contribution >= 4 is 0 Å². The van der Waals surface area contributed by atoms with Gasteiger partial charge in [0.25, 0.3) is 0 Å². The Morgan fingerprint density at radius 2 is 2.24 bits per heavy atom. The van der Waals surface area contributed by atoms with Crippen LogP contribution in [0.5, 0.6) is 0 Å². The average Bonchev–Trinajstić information content (AvgIpc) is 2.35. The predicted molar refractivity (Wildman–Crippen MR) is 74.1 cm³/mol. The number of pyridine rings is 1. The Labute approximate surface area is 105 Å². The number of unbranched alkanes of at least 4 members (excludes halogenated alkanes) is 3. The summed E-state index contributed by atoms with van der Waals surface area (Å²) in [6, 6.07) is 4.63. The van der Waals surface area contributed by atoms with E-state index in [0.29, 0.717) is 6.04 Å². The van der Waals surface area contributed by atoms with Crippen LogP contribution in [0.2, 0.25) is 0 Å². The molecule has 0 amide bonds. The van der Waals surface area contributed by atoms with Crippen LogP contribution in [-0.4, -0.2) is 12.0 Å². The minimum atomic E-state index is 0.437. The molecule has 1 aromatic rings. The van der Waals surface area contributed by atoms with Crippen LogP contribution in [0, 0.1) is 6.92 Å². The predicted octanol–water partition coefficient (Wildman–Crippen LogP) is 3.79. The van der Waals surface area contributed by atoms with Crippen molar-refractivity contribution in [3.05, 3.63) is 42.2 Å². The van der Waals surface area contributed by atoms with E-state index in [9.17, 15) is 0 Å². The van der Waals surface area contributed by atoms with Crippen molar-refractivity contribution in [2.45, 2.75) is 45.1 Å². The van der Waals surface area contributed by atoms with E-state index in [4.69, 9.17) is 0 Å². The number of rotatable bonds is 8. The highest BCUT2D eigenvalue weighted by atomic mass is 14.9. The lowest BCUT2D eigenvalue weighted by Crippen LogP contribution is -2.17. The number of hydrogen-bond donors (Lipinski definition) is 1. The van der Waals surface area contributed by atoms with Crippen molar-refractivity contribution < 1.29 is 0 Å². The second kappa shape index (κ2) is 8.02. The van der Waals surface area contributed by atoms with Gasteiger partial charge in [-0.25, -0.2) is 0 Å². The highest BCUT2D eigenvalue weighted by Crippen LogP contribution is 2.21. The van der Waals surface area contributed by atoms with Crippen molar-refractivity contribution in [2.75, 3.05) is 7.05 Å². The van der Waals surface area contributed by atoms with Gasteiger partial charge in [0.1, 0.15) is 0 Å². The first-order valence-corrected chi connectivity index (χ1v) is 6.49. The van der Waals surface area contributed by atoms with Crippen molar-refractivity contribution in [3.63, 3.8) is 0 Å². The summed E-state index contributed by atoms with van der Waals surface area (Å²) in [7, 11) is 2.03. The third-order valence-corrected chi connectivity index (χ3v) is 3.17. The molecular weight excluding hydrogens is 208 g/mol. The molecule has 0 aliphatic carbocycles. The lowest BCUT2D eigenvalue weighted by Gasteiger charge is -2.18. The molecule has 0 spiro atoms. The SMILES string of the molecule is C=CCCCCCC(NC)c1cccnc1C. The first kappa shape index (κ1) is 13.9. The van der Waals surface area contributed by atoms with E-state index in [1.807, 2.05) is 25.4 Å². The zero-order valence-electron chi connectivity index (χ0n) is 11.1. The van der Waals surface area contributed by atoms with Gasteiger partial charge in [0, 0.05) is 17.9 Å². The molecular formula is C15H24N2. The zero-order chi connectivity index (χ0) is 12.5. The Morgan fingerprint density at radius 3 is 2.88 bits per heavy atom. The summed E-state index contributed by atoms with van der Waals surface area (Å²) in [5.74, 6) is 0. The lowest BCUT2D eigenvalue weighted by molar-refractivity contribution is 0.504. The van der Waals surface area contributed by atoms with Gasteiger partial charge in [0.2, 0.25) is 0 Å². The maximum Gasteiger partial charge on any atom is 0.0420 e. The second-order valence-electron chi connectivity index (χ2n) is 4.45. The number of aromatic nitrogens is 1. The van der Waals surface area contributed by atoms with Crippen LogP contribution in [0.4, 0.5) is 0 Å². The highest BCUT2D eigenvalue weighted by molar-refractivity contribution is 5.22. The standard InChI is InChI=1S/C15H24N2/c1-4-5-6-7-8-11-15(16-3)14-10-9-12-17-13(14)2/h4,9-10,12,15-16H,1,5-8,11H2,2-3H3. The van der Waals surface area contributed by atoms with Gasteiger partial charge in [-0.1, -0.05) is 25.0 Å². The van der Waals surface area contributed by atoms with E-state index in [1.54, 1.807) is 0 Å². The average molecular weight is 232 g/mol. The molecule has 2 heteroatoms. The van der Waals surface area contributed by atoms with Gasteiger partial charge >= 0.3 is 0 Å². The van der Waals surface area contributed by atoms with Crippen LogP contribution < -0.4 is 5.32 Å². The molecule has 2 nitrogen and oxygen atoms in total. The normalized spacial score (nSPS) is 12.4. The molecule has 1 N–H and O–H groups in total. The highest BCUT2D eigenvalue weighted by Gasteiger charge is 2.11. The van der Waals surface area contributed by atoms with Gasteiger partial charge in [-0.3, -0.25) is 4.98 Å². The first-order chi connectivity index (χ1) is 8.29. The molecule has 0 aliphatic rings. The topological polar surface area (TPSA) is 24.9 Å². The molecule has 0 fully saturated rings. The largest absolute Gasteiger partial charge is 0.313 e. The van der Waals surface area contributed by atoms with Gasteiger partial charge in [-0.2, -0.15) is 0 Å². The molecule has 0 bridgehead atoms. The fourth-order valence-electron chi connectivity index (χ4n) is 2.13. The third-order valence-electron chi connectivity index (χ3n) is 3.17. The fourth-order valence-corrected chi connectivity index (χ4v) is 2.13. The smallest absolute Gasteiger partial charge is 0.0420 e. The van der Waals surface area contributed by atoms with Crippen molar-refractivity contribution in [1.29, 1.82) is 0 Å². The van der Waals surface area contributed by atoms with E-state index < -0.39 is 0 Å². The Balaban J connectivity index is 2.43. The number of hydrogen-bond acceptors (Lipinski definition) is 2. The van der Waals surface area contributed by atoms with Crippen LogP contribution in [-0.2, 0) is 0 Å². The maximum absolute atomic E-state index is 4.35. The summed E-state index contributed by atoms with van der Waals surface area (Å²) in [6.45, 7) is 5.83. The fraction of sp³-hybridized carbons (Fsp3) is 0.533. The van der Waals surface area contributed by atoms with Crippen LogP contribution in [0.25, 0.3) is 0 Å². The summed E-state index contributed by atoms with van der Waals surface area (Å²) < 4.78 is 0. The molecule has 0 aromatic carbocycles. The lowest BCUT2D eigenvalue weighted by atomic mass is 9.99. The molecule has 0 aliphatic heterocycles. The minimum absolute atomic E-state index is 0.437.